The monoisotopic (exact) mass is 286 g/mol. The summed E-state index contributed by atoms with van der Waals surface area (Å²) in [6, 6.07) is 9.02. The molecule has 3 rings (SSSR count). The van der Waals surface area contributed by atoms with Crippen LogP contribution >= 0.6 is 0 Å². The van der Waals surface area contributed by atoms with Gasteiger partial charge in [-0.15, -0.1) is 0 Å². The number of aromatic hydroxyl groups is 1. The Hall–Kier alpha value is -2.56. The minimum atomic E-state index is -0.520. The quantitative estimate of drug-likeness (QED) is 0.791. The highest BCUT2D eigenvalue weighted by atomic mass is 19.1. The molecular formula is C16H15FN2O2. The number of hydrogen-bond donors (Lipinski definition) is 2. The van der Waals surface area contributed by atoms with E-state index in [2.05, 4.69) is 0 Å². The SMILES string of the molecule is Nc1cc(F)cc(C(=O)N2CCc3ccc(O)cc3C2)c1. The molecule has 0 bridgehead atoms. The van der Waals surface area contributed by atoms with Crippen LogP contribution in [-0.2, 0) is 13.0 Å². The molecule has 2 aromatic carbocycles. The Labute approximate surface area is 121 Å². The summed E-state index contributed by atoms with van der Waals surface area (Å²) in [5.41, 5.74) is 8.09. The number of benzene rings is 2. The van der Waals surface area contributed by atoms with Crippen LogP contribution in [0.1, 0.15) is 21.5 Å². The second kappa shape index (κ2) is 5.09. The zero-order valence-corrected chi connectivity index (χ0v) is 11.3. The molecule has 0 saturated carbocycles. The number of nitrogens with zero attached hydrogens (tertiary/aromatic N) is 1. The maximum atomic E-state index is 13.4. The van der Waals surface area contributed by atoms with Crippen molar-refractivity contribution >= 4 is 11.6 Å². The van der Waals surface area contributed by atoms with Crippen LogP contribution in [0.2, 0.25) is 0 Å². The third kappa shape index (κ3) is 2.67. The number of nitrogen functional groups attached to an aromatic ring is 1. The number of amides is 1. The fourth-order valence-electron chi connectivity index (χ4n) is 2.64. The number of phenolic OH excluding ortho intramolecular Hbond substituents is 1. The lowest BCUT2D eigenvalue weighted by molar-refractivity contribution is 0.0734. The molecule has 4 nitrogen and oxygen atoms in total. The summed E-state index contributed by atoms with van der Waals surface area (Å²) in [5.74, 6) is -0.596. The van der Waals surface area contributed by atoms with Gasteiger partial charge in [-0.05, 0) is 47.9 Å². The van der Waals surface area contributed by atoms with Crippen molar-refractivity contribution in [3.8, 4) is 5.75 Å². The maximum absolute atomic E-state index is 13.4. The number of rotatable bonds is 1. The number of halogens is 1. The first-order chi connectivity index (χ1) is 10.0. The minimum absolute atomic E-state index is 0.179. The van der Waals surface area contributed by atoms with Crippen molar-refractivity contribution in [2.75, 3.05) is 12.3 Å². The molecule has 0 aliphatic carbocycles. The van der Waals surface area contributed by atoms with Crippen LogP contribution in [0.15, 0.2) is 36.4 Å². The molecule has 0 saturated heterocycles. The summed E-state index contributed by atoms with van der Waals surface area (Å²) >= 11 is 0. The van der Waals surface area contributed by atoms with E-state index in [0.717, 1.165) is 11.1 Å². The van der Waals surface area contributed by atoms with Crippen LogP contribution in [0, 0.1) is 5.82 Å². The molecular weight excluding hydrogens is 271 g/mol. The molecule has 1 aliphatic heterocycles. The number of fused-ring (bicyclic) bond motifs is 1. The molecule has 5 heteroatoms. The maximum Gasteiger partial charge on any atom is 0.254 e. The van der Waals surface area contributed by atoms with Crippen molar-refractivity contribution < 1.29 is 14.3 Å². The van der Waals surface area contributed by atoms with Crippen molar-refractivity contribution in [3.63, 3.8) is 0 Å². The average molecular weight is 286 g/mol. The fourth-order valence-corrected chi connectivity index (χ4v) is 2.64. The highest BCUT2D eigenvalue weighted by molar-refractivity contribution is 5.95. The van der Waals surface area contributed by atoms with E-state index in [9.17, 15) is 14.3 Å². The molecule has 3 N–H and O–H groups in total. The van der Waals surface area contributed by atoms with Crippen molar-refractivity contribution in [2.45, 2.75) is 13.0 Å². The number of phenols is 1. The number of hydrogen-bond acceptors (Lipinski definition) is 3. The van der Waals surface area contributed by atoms with Crippen molar-refractivity contribution in [2.24, 2.45) is 0 Å². The standard InChI is InChI=1S/C16H15FN2O2/c17-13-5-11(6-14(18)8-13)16(21)19-4-3-10-1-2-15(20)7-12(10)9-19/h1-2,5-8,20H,3-4,9,18H2. The van der Waals surface area contributed by atoms with Crippen LogP contribution in [0.25, 0.3) is 0 Å². The zero-order valence-electron chi connectivity index (χ0n) is 11.3. The Morgan fingerprint density at radius 1 is 1.19 bits per heavy atom. The highest BCUT2D eigenvalue weighted by Crippen LogP contribution is 2.24. The lowest BCUT2D eigenvalue weighted by atomic mass is 9.99. The molecule has 0 aromatic heterocycles. The average Bonchev–Trinajstić information content (AvgIpc) is 2.44. The molecule has 1 aliphatic rings. The van der Waals surface area contributed by atoms with E-state index >= 15 is 0 Å². The summed E-state index contributed by atoms with van der Waals surface area (Å²) in [7, 11) is 0. The Kier molecular flexibility index (Phi) is 3.25. The largest absolute Gasteiger partial charge is 0.508 e. The van der Waals surface area contributed by atoms with Gasteiger partial charge in [0.2, 0.25) is 0 Å². The predicted molar refractivity (Wildman–Crippen MR) is 77.4 cm³/mol. The van der Waals surface area contributed by atoms with E-state index in [1.807, 2.05) is 6.07 Å². The molecule has 108 valence electrons. The van der Waals surface area contributed by atoms with Gasteiger partial charge in [0.25, 0.3) is 5.91 Å². The lowest BCUT2D eigenvalue weighted by Crippen LogP contribution is -2.36. The first-order valence-corrected chi connectivity index (χ1v) is 6.69. The number of anilines is 1. The second-order valence-corrected chi connectivity index (χ2v) is 5.20. The van der Waals surface area contributed by atoms with Gasteiger partial charge in [-0.25, -0.2) is 4.39 Å². The van der Waals surface area contributed by atoms with Gasteiger partial charge in [-0.3, -0.25) is 4.79 Å². The van der Waals surface area contributed by atoms with E-state index < -0.39 is 5.82 Å². The molecule has 0 fully saturated rings. The van der Waals surface area contributed by atoms with Crippen LogP contribution < -0.4 is 5.73 Å². The fraction of sp³-hybridized carbons (Fsp3) is 0.188. The zero-order chi connectivity index (χ0) is 15.0. The molecule has 0 spiro atoms. The second-order valence-electron chi connectivity index (χ2n) is 5.20. The van der Waals surface area contributed by atoms with E-state index in [4.69, 9.17) is 5.73 Å². The minimum Gasteiger partial charge on any atom is -0.508 e. The first kappa shape index (κ1) is 13.4. The molecule has 21 heavy (non-hydrogen) atoms. The van der Waals surface area contributed by atoms with Gasteiger partial charge in [-0.1, -0.05) is 6.07 Å². The van der Waals surface area contributed by atoms with E-state index in [-0.39, 0.29) is 22.9 Å². The molecule has 0 radical (unpaired) electrons. The highest BCUT2D eigenvalue weighted by Gasteiger charge is 2.22. The Morgan fingerprint density at radius 3 is 2.76 bits per heavy atom. The van der Waals surface area contributed by atoms with E-state index in [1.54, 1.807) is 17.0 Å². The van der Waals surface area contributed by atoms with Crippen LogP contribution in [-0.4, -0.2) is 22.5 Å². The van der Waals surface area contributed by atoms with Crippen molar-refractivity contribution in [3.05, 3.63) is 58.9 Å². The topological polar surface area (TPSA) is 66.6 Å². The van der Waals surface area contributed by atoms with Crippen LogP contribution in [0.3, 0.4) is 0 Å². The Bertz CT molecular complexity index is 695. The third-order valence-electron chi connectivity index (χ3n) is 3.66. The third-order valence-corrected chi connectivity index (χ3v) is 3.66. The van der Waals surface area contributed by atoms with Gasteiger partial charge in [0, 0.05) is 24.3 Å². The summed E-state index contributed by atoms with van der Waals surface area (Å²) in [5, 5.41) is 9.53. The van der Waals surface area contributed by atoms with Crippen LogP contribution in [0.5, 0.6) is 5.75 Å². The van der Waals surface area contributed by atoms with Gasteiger partial charge in [0.1, 0.15) is 11.6 Å². The number of nitrogens with two attached hydrogens (primary N) is 1. The Morgan fingerprint density at radius 2 is 2.00 bits per heavy atom. The van der Waals surface area contributed by atoms with Crippen molar-refractivity contribution in [1.82, 2.24) is 4.90 Å². The van der Waals surface area contributed by atoms with Gasteiger partial charge in [0.15, 0.2) is 0 Å². The van der Waals surface area contributed by atoms with E-state index in [0.29, 0.717) is 19.5 Å². The molecule has 0 atom stereocenters. The molecule has 1 heterocycles. The molecule has 2 aromatic rings. The van der Waals surface area contributed by atoms with Gasteiger partial charge in [-0.2, -0.15) is 0 Å². The predicted octanol–water partition coefficient (Wildman–Crippen LogP) is 2.31. The molecule has 1 amide bonds. The van der Waals surface area contributed by atoms with Gasteiger partial charge >= 0.3 is 0 Å². The summed E-state index contributed by atoms with van der Waals surface area (Å²) in [4.78, 5) is 14.1. The van der Waals surface area contributed by atoms with Crippen molar-refractivity contribution in [1.29, 1.82) is 0 Å². The van der Waals surface area contributed by atoms with Gasteiger partial charge in [0.05, 0.1) is 0 Å². The van der Waals surface area contributed by atoms with Crippen LogP contribution in [0.4, 0.5) is 10.1 Å². The number of carbonyl (C=O) groups is 1. The van der Waals surface area contributed by atoms with E-state index in [1.165, 1.54) is 18.2 Å². The first-order valence-electron chi connectivity index (χ1n) is 6.69. The van der Waals surface area contributed by atoms with Gasteiger partial charge < -0.3 is 15.7 Å². The summed E-state index contributed by atoms with van der Waals surface area (Å²) in [6.07, 6.45) is 0.714. The molecule has 0 unspecified atom stereocenters. The number of carbonyl (C=O) groups excluding carboxylic acids is 1. The normalized spacial score (nSPS) is 13.9. The summed E-state index contributed by atoms with van der Waals surface area (Å²) in [6.45, 7) is 0.964. The summed E-state index contributed by atoms with van der Waals surface area (Å²) < 4.78 is 13.4. The lowest BCUT2D eigenvalue weighted by Gasteiger charge is -2.29. The smallest absolute Gasteiger partial charge is 0.254 e. The Balaban J connectivity index is 1.86.